The van der Waals surface area contributed by atoms with Crippen LogP contribution >= 0.6 is 23.5 Å². The topological polar surface area (TPSA) is 241 Å². The number of unbranched alkanes of at least 4 members (excludes halogenated alkanes) is 6. The van der Waals surface area contributed by atoms with Gasteiger partial charge in [-0.2, -0.15) is 10.5 Å². The molecule has 1 aliphatic heterocycles. The van der Waals surface area contributed by atoms with Crippen LogP contribution in [0.2, 0.25) is 0 Å². The van der Waals surface area contributed by atoms with Gasteiger partial charge in [-0.1, -0.05) is 57.5 Å². The lowest BCUT2D eigenvalue weighted by atomic mass is 9.82. The molecule has 3 saturated carbocycles. The summed E-state index contributed by atoms with van der Waals surface area (Å²) in [5.41, 5.74) is 0.215. The van der Waals surface area contributed by atoms with Gasteiger partial charge in [-0.3, -0.25) is 19.2 Å². The van der Waals surface area contributed by atoms with Crippen LogP contribution in [0.25, 0.3) is 0 Å². The van der Waals surface area contributed by atoms with Crippen molar-refractivity contribution in [2.75, 3.05) is 26.4 Å². The molecule has 17 nitrogen and oxygen atoms in total. The Kier molecular flexibility index (Phi) is 24.6. The normalized spacial score (nSPS) is 20.5. The summed E-state index contributed by atoms with van der Waals surface area (Å²) >= 11 is 2.23. The smallest absolute Gasteiger partial charge is 0.338 e. The third-order valence-corrected chi connectivity index (χ3v) is 17.3. The zero-order valence-electron chi connectivity index (χ0n) is 46.2. The first-order chi connectivity index (χ1) is 38.5. The van der Waals surface area contributed by atoms with Gasteiger partial charge in [0.15, 0.2) is 0 Å². The number of carbonyl (C=O) groups is 7. The van der Waals surface area contributed by atoms with Crippen molar-refractivity contribution < 1.29 is 71.5 Å². The molecule has 0 atom stereocenters. The van der Waals surface area contributed by atoms with Crippen LogP contribution in [0.5, 0.6) is 17.2 Å². The highest BCUT2D eigenvalue weighted by atomic mass is 32.2. The second-order valence-corrected chi connectivity index (χ2v) is 23.8. The lowest BCUT2D eigenvalue weighted by molar-refractivity contribution is -0.160. The monoisotopic (exact) mass is 1140 g/mol. The fourth-order valence-electron chi connectivity index (χ4n) is 9.95. The van der Waals surface area contributed by atoms with E-state index in [-0.39, 0.29) is 47.0 Å². The molecule has 0 bridgehead atoms. The predicted octanol–water partition coefficient (Wildman–Crippen LogP) is 12.1. The van der Waals surface area contributed by atoms with Crippen LogP contribution in [-0.2, 0) is 57.9 Å². The quantitative estimate of drug-likeness (QED) is 0.0212. The lowest BCUT2D eigenvalue weighted by Gasteiger charge is -2.31. The number of fused-ring (bicyclic) bond motifs is 1. The van der Waals surface area contributed by atoms with Crippen LogP contribution in [-0.4, -0.2) is 80.4 Å². The van der Waals surface area contributed by atoms with E-state index in [2.05, 4.69) is 13.2 Å². The van der Waals surface area contributed by atoms with Crippen LogP contribution in [0.15, 0.2) is 75.2 Å². The molecule has 430 valence electrons. The van der Waals surface area contributed by atoms with Crippen molar-refractivity contribution >= 4 is 65.3 Å². The molecule has 3 aliphatic carbocycles. The van der Waals surface area contributed by atoms with Crippen molar-refractivity contribution in [1.29, 1.82) is 10.5 Å². The molecule has 0 amide bonds. The Balaban J connectivity index is 0.969. The van der Waals surface area contributed by atoms with Crippen molar-refractivity contribution in [1.82, 2.24) is 0 Å². The first-order valence-electron chi connectivity index (χ1n) is 28.0. The van der Waals surface area contributed by atoms with Gasteiger partial charge in [0.2, 0.25) is 0 Å². The van der Waals surface area contributed by atoms with Gasteiger partial charge in [0.1, 0.15) is 47.2 Å². The van der Waals surface area contributed by atoms with Crippen molar-refractivity contribution in [3.05, 3.63) is 76.6 Å². The van der Waals surface area contributed by atoms with Crippen LogP contribution < -0.4 is 14.2 Å². The van der Waals surface area contributed by atoms with Crippen LogP contribution in [0.1, 0.15) is 165 Å². The van der Waals surface area contributed by atoms with E-state index in [9.17, 15) is 44.1 Å². The highest BCUT2D eigenvalue weighted by Crippen LogP contribution is 2.61. The molecule has 80 heavy (non-hydrogen) atoms. The summed E-state index contributed by atoms with van der Waals surface area (Å²) in [5.74, 6) is -3.23. The summed E-state index contributed by atoms with van der Waals surface area (Å²) in [7, 11) is 0. The predicted molar refractivity (Wildman–Crippen MR) is 297 cm³/mol. The Morgan fingerprint density at radius 2 is 1.01 bits per heavy atom. The van der Waals surface area contributed by atoms with Gasteiger partial charge >= 0.3 is 41.8 Å². The number of ether oxygens (including phenoxy) is 8. The molecule has 4 aliphatic rings. The van der Waals surface area contributed by atoms with Crippen molar-refractivity contribution in [2.24, 2.45) is 23.7 Å². The van der Waals surface area contributed by atoms with Crippen molar-refractivity contribution in [2.45, 2.75) is 177 Å². The number of hydrogen-bond donors (Lipinski definition) is 0. The number of allylic oxidation sites excluding steroid dienone is 1. The number of thioether (sulfide) groups is 2. The SMILES string of the molecule is C=CC(=O)OCCCCCCOC(=O)C1CCC(C(=O)OC2CCC(C(=O)Oc3cc(C(C)(C)C)c(OC(=O)C4CCC(OC(=O)c5ccc(OCCCCCCOC(=O)C=C)cc5)CC4)c4c3SC(=C(C#N)C#N)S4)CC2)CC1. The first-order valence-corrected chi connectivity index (χ1v) is 29.6. The molecule has 0 saturated heterocycles. The van der Waals surface area contributed by atoms with Gasteiger partial charge < -0.3 is 37.9 Å². The Labute approximate surface area is 477 Å². The average Bonchev–Trinajstić information content (AvgIpc) is 4.08. The summed E-state index contributed by atoms with van der Waals surface area (Å²) in [6.45, 7) is 14.1. The van der Waals surface area contributed by atoms with E-state index >= 15 is 0 Å². The molecule has 0 N–H and O–H groups in total. The zero-order chi connectivity index (χ0) is 57.6. The van der Waals surface area contributed by atoms with Crippen LogP contribution in [0, 0.1) is 46.3 Å². The number of benzene rings is 2. The van der Waals surface area contributed by atoms with E-state index in [1.807, 2.05) is 32.9 Å². The molecule has 0 spiro atoms. The third kappa shape index (κ3) is 18.8. The highest BCUT2D eigenvalue weighted by Gasteiger charge is 2.39. The second-order valence-electron chi connectivity index (χ2n) is 21.5. The van der Waals surface area contributed by atoms with Crippen molar-refractivity contribution in [3.63, 3.8) is 0 Å². The van der Waals surface area contributed by atoms with E-state index in [0.717, 1.165) is 80.6 Å². The number of nitrogens with zero attached hydrogens (tertiary/aromatic N) is 2. The molecule has 0 unspecified atom stereocenters. The van der Waals surface area contributed by atoms with E-state index in [4.69, 9.17) is 37.9 Å². The Bertz CT molecular complexity index is 2640. The van der Waals surface area contributed by atoms with E-state index in [1.165, 1.54) is 0 Å². The second kappa shape index (κ2) is 31.4. The van der Waals surface area contributed by atoms with E-state index < -0.39 is 53.2 Å². The summed E-state index contributed by atoms with van der Waals surface area (Å²) in [5, 5.41) is 19.7. The summed E-state index contributed by atoms with van der Waals surface area (Å²) in [6, 6.07) is 12.4. The van der Waals surface area contributed by atoms with Gasteiger partial charge in [-0.15, -0.1) is 0 Å². The molecule has 1 heterocycles. The minimum Gasteiger partial charge on any atom is -0.494 e. The maximum Gasteiger partial charge on any atom is 0.338 e. The minimum atomic E-state index is -0.629. The summed E-state index contributed by atoms with van der Waals surface area (Å²) in [6.07, 6.45) is 13.7. The van der Waals surface area contributed by atoms with Gasteiger partial charge in [0.25, 0.3) is 0 Å². The standard InChI is InChI=1S/C61H74N2O15S2/c1-6-50(64)72-33-13-9-8-12-32-71-45-26-20-41(21-27-45)57(68)76-47-30-24-43(25-31-47)59(70)78-52-48(61(3,4)5)36-49(53-54(52)80-60(79-53)44(37-62)38-63)77-58(69)42-22-28-46(29-23-42)75-56(67)40-18-16-39(17-19-40)55(66)74-35-15-11-10-14-34-73-51(65)7-2/h6-7,20-21,26-27,36,39-40,42-43,46-47H,1-2,8-19,22-25,28-35H2,3-5H3. The molecule has 0 radical (unpaired) electrons. The number of carbonyl (C=O) groups excluding carboxylic acids is 7. The molecule has 19 heteroatoms. The number of nitriles is 2. The van der Waals surface area contributed by atoms with Crippen LogP contribution in [0.4, 0.5) is 0 Å². The summed E-state index contributed by atoms with van der Waals surface area (Å²) < 4.78 is 46.0. The third-order valence-electron chi connectivity index (χ3n) is 14.7. The molecule has 2 aromatic rings. The maximum atomic E-state index is 14.1. The molecular weight excluding hydrogens is 1060 g/mol. The van der Waals surface area contributed by atoms with Gasteiger partial charge in [-0.25, -0.2) is 14.4 Å². The highest BCUT2D eigenvalue weighted by molar-refractivity contribution is 8.24. The fourth-order valence-corrected chi connectivity index (χ4v) is 12.4. The van der Waals surface area contributed by atoms with Crippen molar-refractivity contribution in [3.8, 4) is 29.4 Å². The average molecular weight is 1140 g/mol. The molecule has 3 fully saturated rings. The number of rotatable bonds is 26. The number of hydrogen-bond acceptors (Lipinski definition) is 19. The van der Waals surface area contributed by atoms with Gasteiger partial charge in [0, 0.05) is 17.7 Å². The minimum absolute atomic E-state index is 0.129. The number of esters is 7. The maximum absolute atomic E-state index is 14.1. The molecular formula is C61H74N2O15S2. The van der Waals surface area contributed by atoms with Crippen LogP contribution in [0.3, 0.4) is 0 Å². The Morgan fingerprint density at radius 3 is 1.52 bits per heavy atom. The molecule has 0 aromatic heterocycles. The van der Waals surface area contributed by atoms with Gasteiger partial charge in [-0.05, 0) is 164 Å². The van der Waals surface area contributed by atoms with E-state index in [1.54, 1.807) is 30.3 Å². The Hall–Kier alpha value is -6.57. The Morgan fingerprint density at radius 1 is 0.562 bits per heavy atom. The lowest BCUT2D eigenvalue weighted by Crippen LogP contribution is -2.33. The fraction of sp³-hybridized carbons (Fsp3) is 0.557. The molecule has 2 aromatic carbocycles. The zero-order valence-corrected chi connectivity index (χ0v) is 47.9. The van der Waals surface area contributed by atoms with Gasteiger partial charge in [0.05, 0.1) is 69.7 Å². The largest absolute Gasteiger partial charge is 0.494 e. The molecule has 6 rings (SSSR count). The first kappa shape index (κ1) is 62.6. The van der Waals surface area contributed by atoms with E-state index in [0.29, 0.717) is 141 Å². The summed E-state index contributed by atoms with van der Waals surface area (Å²) in [4.78, 5) is 90.4.